The molecule has 0 radical (unpaired) electrons. The molecule has 0 aromatic heterocycles. The summed E-state index contributed by atoms with van der Waals surface area (Å²) < 4.78 is 5.24. The Bertz CT molecular complexity index is 562. The molecule has 5 nitrogen and oxygen atoms in total. The zero-order valence-electron chi connectivity index (χ0n) is 11.9. The van der Waals surface area contributed by atoms with E-state index in [4.69, 9.17) is 16.3 Å². The Morgan fingerprint density at radius 1 is 1.43 bits per heavy atom. The van der Waals surface area contributed by atoms with Crippen LogP contribution in [0.15, 0.2) is 23.3 Å². The number of aliphatic hydroxyl groups excluding tert-OH is 1. The van der Waals surface area contributed by atoms with Crippen LogP contribution < -0.4 is 0 Å². The molecule has 21 heavy (non-hydrogen) atoms. The van der Waals surface area contributed by atoms with Crippen molar-refractivity contribution in [3.8, 4) is 0 Å². The molecule has 4 atom stereocenters. The average Bonchev–Trinajstić information content (AvgIpc) is 2.79. The second-order valence-corrected chi connectivity index (χ2v) is 5.98. The molecule has 0 spiro atoms. The standard InChI is InChI=1S/C15H17ClO5/c1-6(17)4-5-9-7(2)15(20)21-14(9)10-8(3)12(18)11(16)13(10)19/h9,11-12,14,18H,2,4-5H2,1,3H3. The minimum atomic E-state index is -1.07. The van der Waals surface area contributed by atoms with E-state index in [2.05, 4.69) is 6.58 Å². The van der Waals surface area contributed by atoms with E-state index in [1.165, 1.54) is 6.92 Å². The van der Waals surface area contributed by atoms with E-state index in [-0.39, 0.29) is 23.4 Å². The van der Waals surface area contributed by atoms with Gasteiger partial charge >= 0.3 is 5.97 Å². The van der Waals surface area contributed by atoms with Crippen molar-refractivity contribution in [1.29, 1.82) is 0 Å². The molecule has 0 aromatic carbocycles. The second kappa shape index (κ2) is 5.73. The van der Waals surface area contributed by atoms with Gasteiger partial charge in [0.2, 0.25) is 0 Å². The minimum Gasteiger partial charge on any atom is -0.453 e. The number of halogens is 1. The maximum Gasteiger partial charge on any atom is 0.334 e. The number of cyclic esters (lactones) is 1. The first-order chi connectivity index (χ1) is 9.75. The fourth-order valence-corrected chi connectivity index (χ4v) is 3.09. The zero-order valence-corrected chi connectivity index (χ0v) is 12.6. The van der Waals surface area contributed by atoms with Crippen LogP contribution in [0.1, 0.15) is 26.7 Å². The summed E-state index contributed by atoms with van der Waals surface area (Å²) >= 11 is 5.87. The van der Waals surface area contributed by atoms with Crippen molar-refractivity contribution >= 4 is 29.1 Å². The highest BCUT2D eigenvalue weighted by Gasteiger charge is 2.48. The Morgan fingerprint density at radius 2 is 2.05 bits per heavy atom. The Kier molecular flexibility index (Phi) is 4.35. The van der Waals surface area contributed by atoms with Gasteiger partial charge in [0.1, 0.15) is 17.3 Å². The molecule has 1 aliphatic heterocycles. The monoisotopic (exact) mass is 312 g/mol. The number of Topliss-reactive ketones (excluding diaryl/α,β-unsaturated/α-hetero) is 2. The normalized spacial score (nSPS) is 32.9. The summed E-state index contributed by atoms with van der Waals surface area (Å²) in [5.74, 6) is -1.46. The van der Waals surface area contributed by atoms with Crippen molar-refractivity contribution in [2.45, 2.75) is 44.3 Å². The van der Waals surface area contributed by atoms with E-state index >= 15 is 0 Å². The number of alkyl halides is 1. The topological polar surface area (TPSA) is 80.7 Å². The third-order valence-corrected chi connectivity index (χ3v) is 4.50. The van der Waals surface area contributed by atoms with E-state index in [1.807, 2.05) is 0 Å². The number of ether oxygens (including phenoxy) is 1. The highest BCUT2D eigenvalue weighted by molar-refractivity contribution is 6.36. The van der Waals surface area contributed by atoms with Gasteiger partial charge in [-0.2, -0.15) is 0 Å². The van der Waals surface area contributed by atoms with Gasteiger partial charge in [-0.25, -0.2) is 4.79 Å². The van der Waals surface area contributed by atoms with Gasteiger partial charge in [0.05, 0.1) is 6.10 Å². The summed E-state index contributed by atoms with van der Waals surface area (Å²) in [4.78, 5) is 35.1. The minimum absolute atomic E-state index is 0.0143. The highest BCUT2D eigenvalue weighted by Crippen LogP contribution is 2.40. The summed E-state index contributed by atoms with van der Waals surface area (Å²) in [5.41, 5.74) is 0.908. The summed E-state index contributed by atoms with van der Waals surface area (Å²) in [6.45, 7) is 6.74. The lowest BCUT2D eigenvalue weighted by Crippen LogP contribution is -2.27. The molecule has 4 unspecified atom stereocenters. The van der Waals surface area contributed by atoms with Gasteiger partial charge < -0.3 is 14.6 Å². The largest absolute Gasteiger partial charge is 0.453 e. The van der Waals surface area contributed by atoms with Gasteiger partial charge in [-0.1, -0.05) is 6.58 Å². The van der Waals surface area contributed by atoms with Crippen LogP contribution in [0.25, 0.3) is 0 Å². The van der Waals surface area contributed by atoms with Gasteiger partial charge in [-0.05, 0) is 25.8 Å². The van der Waals surface area contributed by atoms with Crippen molar-refractivity contribution in [3.63, 3.8) is 0 Å². The first kappa shape index (κ1) is 15.9. The molecule has 0 saturated carbocycles. The number of aliphatic hydroxyl groups is 1. The fraction of sp³-hybridized carbons (Fsp3) is 0.533. The van der Waals surface area contributed by atoms with Crippen LogP contribution in [0.3, 0.4) is 0 Å². The van der Waals surface area contributed by atoms with Crippen molar-refractivity contribution in [1.82, 2.24) is 0 Å². The molecular formula is C15H17ClO5. The Hall–Kier alpha value is -1.46. The van der Waals surface area contributed by atoms with Crippen LogP contribution in [0.4, 0.5) is 0 Å². The zero-order chi connectivity index (χ0) is 15.9. The van der Waals surface area contributed by atoms with E-state index in [0.29, 0.717) is 12.0 Å². The maximum atomic E-state index is 12.2. The number of hydrogen-bond acceptors (Lipinski definition) is 5. The Morgan fingerprint density at radius 3 is 2.52 bits per heavy atom. The number of carbonyl (C=O) groups excluding carboxylic acids is 3. The SMILES string of the molecule is C=C1C(=O)OC(C2=C(C)C(O)C(Cl)C2=O)C1CCC(C)=O. The number of rotatable bonds is 4. The van der Waals surface area contributed by atoms with Crippen LogP contribution in [-0.2, 0) is 19.1 Å². The van der Waals surface area contributed by atoms with Crippen LogP contribution in [-0.4, -0.2) is 40.2 Å². The number of esters is 1. The third kappa shape index (κ3) is 2.68. The van der Waals surface area contributed by atoms with E-state index in [0.717, 1.165) is 0 Å². The lowest BCUT2D eigenvalue weighted by molar-refractivity contribution is -0.138. The highest BCUT2D eigenvalue weighted by atomic mass is 35.5. The first-order valence-electron chi connectivity index (χ1n) is 6.72. The molecule has 2 aliphatic rings. The number of carbonyl (C=O) groups is 3. The summed E-state index contributed by atoms with van der Waals surface area (Å²) in [6, 6.07) is 0. The van der Waals surface area contributed by atoms with Gasteiger partial charge in [0, 0.05) is 23.5 Å². The smallest absolute Gasteiger partial charge is 0.334 e. The molecule has 1 fully saturated rings. The molecule has 1 N–H and O–H groups in total. The number of ketones is 2. The number of hydrogen-bond donors (Lipinski definition) is 1. The van der Waals surface area contributed by atoms with Crippen LogP contribution in [0.5, 0.6) is 0 Å². The molecule has 0 aromatic rings. The predicted molar refractivity (Wildman–Crippen MR) is 75.8 cm³/mol. The average molecular weight is 313 g/mol. The van der Waals surface area contributed by atoms with Crippen molar-refractivity contribution in [3.05, 3.63) is 23.3 Å². The third-order valence-electron chi connectivity index (χ3n) is 4.06. The molecule has 1 heterocycles. The summed E-state index contributed by atoms with van der Waals surface area (Å²) in [6.07, 6.45) is -1.24. The van der Waals surface area contributed by atoms with Crippen molar-refractivity contribution in [2.24, 2.45) is 5.92 Å². The summed E-state index contributed by atoms with van der Waals surface area (Å²) in [5, 5.41) is 8.82. The lowest BCUT2D eigenvalue weighted by Gasteiger charge is -2.18. The maximum absolute atomic E-state index is 12.2. The van der Waals surface area contributed by atoms with E-state index in [9.17, 15) is 19.5 Å². The fourth-order valence-electron chi connectivity index (χ4n) is 2.78. The Balaban J connectivity index is 2.32. The van der Waals surface area contributed by atoms with Gasteiger partial charge in [-0.3, -0.25) is 4.79 Å². The van der Waals surface area contributed by atoms with Crippen LogP contribution in [0.2, 0.25) is 0 Å². The van der Waals surface area contributed by atoms with Gasteiger partial charge in [-0.15, -0.1) is 11.6 Å². The van der Waals surface area contributed by atoms with E-state index < -0.39 is 35.3 Å². The molecule has 2 rings (SSSR count). The Labute approximate surface area is 127 Å². The molecule has 6 heteroatoms. The van der Waals surface area contributed by atoms with Crippen LogP contribution >= 0.6 is 11.6 Å². The molecule has 0 amide bonds. The second-order valence-electron chi connectivity index (χ2n) is 5.51. The molecular weight excluding hydrogens is 296 g/mol. The molecule has 1 saturated heterocycles. The van der Waals surface area contributed by atoms with Crippen molar-refractivity contribution < 1.29 is 24.2 Å². The molecule has 114 valence electrons. The van der Waals surface area contributed by atoms with Crippen molar-refractivity contribution in [2.75, 3.05) is 0 Å². The summed E-state index contributed by atoms with van der Waals surface area (Å²) in [7, 11) is 0. The molecule has 0 bridgehead atoms. The van der Waals surface area contributed by atoms with Gasteiger partial charge in [0.25, 0.3) is 0 Å². The molecule has 1 aliphatic carbocycles. The predicted octanol–water partition coefficient (Wildman–Crippen LogP) is 1.32. The van der Waals surface area contributed by atoms with Gasteiger partial charge in [0.15, 0.2) is 5.78 Å². The van der Waals surface area contributed by atoms with Crippen LogP contribution in [0, 0.1) is 5.92 Å². The first-order valence-corrected chi connectivity index (χ1v) is 7.15. The van der Waals surface area contributed by atoms with E-state index in [1.54, 1.807) is 6.92 Å². The lowest BCUT2D eigenvalue weighted by atomic mass is 9.86. The quantitative estimate of drug-likeness (QED) is 0.481.